The van der Waals surface area contributed by atoms with Crippen LogP contribution in [-0.4, -0.2) is 24.0 Å². The lowest BCUT2D eigenvalue weighted by atomic mass is 9.53. The van der Waals surface area contributed by atoms with Gasteiger partial charge in [-0.05, 0) is 62.3 Å². The highest BCUT2D eigenvalue weighted by atomic mass is 16.5. The summed E-state index contributed by atoms with van der Waals surface area (Å²) in [5.41, 5.74) is -0.205. The van der Waals surface area contributed by atoms with Crippen LogP contribution in [0.5, 0.6) is 0 Å². The van der Waals surface area contributed by atoms with Gasteiger partial charge in [-0.2, -0.15) is 4.73 Å². The SMILES string of the molecule is O=C(COC(=O)c1cccc[n+]1[O-])NC12CC3CC(CC(C3)C1)C2. The third-order valence-electron chi connectivity index (χ3n) is 5.81. The summed E-state index contributed by atoms with van der Waals surface area (Å²) >= 11 is 0. The summed E-state index contributed by atoms with van der Waals surface area (Å²) in [4.78, 5) is 24.2. The van der Waals surface area contributed by atoms with Crippen molar-refractivity contribution in [1.29, 1.82) is 0 Å². The molecule has 0 unspecified atom stereocenters. The topological polar surface area (TPSA) is 82.3 Å². The van der Waals surface area contributed by atoms with Crippen LogP contribution in [0.15, 0.2) is 24.4 Å². The van der Waals surface area contributed by atoms with Gasteiger partial charge >= 0.3 is 11.7 Å². The summed E-state index contributed by atoms with van der Waals surface area (Å²) in [6.07, 6.45) is 8.31. The van der Waals surface area contributed by atoms with Crippen molar-refractivity contribution in [2.45, 2.75) is 44.1 Å². The predicted octanol–water partition coefficient (Wildman–Crippen LogP) is 1.56. The number of hydrogen-bond acceptors (Lipinski definition) is 4. The number of rotatable bonds is 4. The summed E-state index contributed by atoms with van der Waals surface area (Å²) in [6.45, 7) is -0.338. The molecule has 0 atom stereocenters. The molecule has 4 bridgehead atoms. The summed E-state index contributed by atoms with van der Waals surface area (Å²) in [5, 5.41) is 14.7. The van der Waals surface area contributed by atoms with Crippen molar-refractivity contribution >= 4 is 11.9 Å². The first-order valence-corrected chi connectivity index (χ1v) is 8.69. The van der Waals surface area contributed by atoms with E-state index in [4.69, 9.17) is 4.74 Å². The highest BCUT2D eigenvalue weighted by molar-refractivity contribution is 5.88. The second-order valence-corrected chi connectivity index (χ2v) is 7.73. The van der Waals surface area contributed by atoms with Crippen molar-refractivity contribution < 1.29 is 19.1 Å². The van der Waals surface area contributed by atoms with Crippen LogP contribution in [-0.2, 0) is 9.53 Å². The van der Waals surface area contributed by atoms with E-state index in [0.717, 1.165) is 37.0 Å². The molecule has 1 aromatic rings. The third-order valence-corrected chi connectivity index (χ3v) is 5.81. The van der Waals surface area contributed by atoms with Gasteiger partial charge in [0.15, 0.2) is 12.8 Å². The van der Waals surface area contributed by atoms with E-state index in [2.05, 4.69) is 5.32 Å². The van der Waals surface area contributed by atoms with Gasteiger partial charge in [-0.1, -0.05) is 0 Å². The quantitative estimate of drug-likeness (QED) is 0.516. The molecule has 0 aliphatic heterocycles. The van der Waals surface area contributed by atoms with Gasteiger partial charge in [0.1, 0.15) is 0 Å². The summed E-state index contributed by atoms with van der Waals surface area (Å²) < 4.78 is 5.46. The number of pyridine rings is 1. The van der Waals surface area contributed by atoms with Crippen LogP contribution < -0.4 is 10.0 Å². The third kappa shape index (κ3) is 2.85. The van der Waals surface area contributed by atoms with E-state index in [1.807, 2.05) is 0 Å². The minimum absolute atomic E-state index is 0.0938. The Morgan fingerprint density at radius 3 is 2.38 bits per heavy atom. The molecule has 24 heavy (non-hydrogen) atoms. The molecule has 4 aliphatic carbocycles. The summed E-state index contributed by atoms with van der Waals surface area (Å²) in [7, 11) is 0. The van der Waals surface area contributed by atoms with E-state index in [1.54, 1.807) is 6.07 Å². The van der Waals surface area contributed by atoms with E-state index in [-0.39, 0.29) is 23.7 Å². The molecular formula is C18H22N2O4. The predicted molar refractivity (Wildman–Crippen MR) is 84.7 cm³/mol. The van der Waals surface area contributed by atoms with Crippen molar-refractivity contribution in [3.8, 4) is 0 Å². The van der Waals surface area contributed by atoms with Gasteiger partial charge < -0.3 is 15.3 Å². The van der Waals surface area contributed by atoms with Gasteiger partial charge in [0, 0.05) is 17.7 Å². The molecule has 0 radical (unpaired) electrons. The number of nitrogens with zero attached hydrogens (tertiary/aromatic N) is 1. The fraction of sp³-hybridized carbons (Fsp3) is 0.611. The molecular weight excluding hydrogens is 308 g/mol. The van der Waals surface area contributed by atoms with Crippen molar-refractivity contribution in [1.82, 2.24) is 5.32 Å². The molecule has 1 heterocycles. The average molecular weight is 330 g/mol. The molecule has 4 saturated carbocycles. The first-order chi connectivity index (χ1) is 11.5. The smallest absolute Gasteiger partial charge is 0.405 e. The van der Waals surface area contributed by atoms with Crippen LogP contribution in [0, 0.1) is 23.0 Å². The van der Waals surface area contributed by atoms with Crippen molar-refractivity contribution in [2.24, 2.45) is 17.8 Å². The zero-order valence-electron chi connectivity index (χ0n) is 13.6. The lowest BCUT2D eigenvalue weighted by Crippen LogP contribution is -2.60. The van der Waals surface area contributed by atoms with Crippen LogP contribution >= 0.6 is 0 Å². The molecule has 0 spiro atoms. The number of esters is 1. The maximum Gasteiger partial charge on any atom is 0.405 e. The average Bonchev–Trinajstić information content (AvgIpc) is 2.51. The first kappa shape index (κ1) is 15.4. The number of ether oxygens (including phenoxy) is 1. The fourth-order valence-corrected chi connectivity index (χ4v) is 5.39. The largest absolute Gasteiger partial charge is 0.618 e. The van der Waals surface area contributed by atoms with Gasteiger partial charge in [-0.3, -0.25) is 4.79 Å². The Morgan fingerprint density at radius 1 is 1.17 bits per heavy atom. The van der Waals surface area contributed by atoms with E-state index < -0.39 is 5.97 Å². The van der Waals surface area contributed by atoms with Crippen LogP contribution in [0.25, 0.3) is 0 Å². The minimum atomic E-state index is -0.772. The molecule has 4 aliphatic rings. The lowest BCUT2D eigenvalue weighted by Gasteiger charge is -2.56. The van der Waals surface area contributed by atoms with Gasteiger partial charge in [0.05, 0.1) is 0 Å². The highest BCUT2D eigenvalue weighted by Crippen LogP contribution is 2.55. The monoisotopic (exact) mass is 330 g/mol. The molecule has 128 valence electrons. The van der Waals surface area contributed by atoms with Gasteiger partial charge in [-0.25, -0.2) is 4.79 Å². The van der Waals surface area contributed by atoms with Crippen LogP contribution in [0.2, 0.25) is 0 Å². The van der Waals surface area contributed by atoms with E-state index in [9.17, 15) is 14.8 Å². The Morgan fingerprint density at radius 2 is 1.79 bits per heavy atom. The highest BCUT2D eigenvalue weighted by Gasteiger charge is 2.51. The molecule has 1 amide bonds. The first-order valence-electron chi connectivity index (χ1n) is 8.69. The molecule has 4 fully saturated rings. The van der Waals surface area contributed by atoms with E-state index in [0.29, 0.717) is 4.73 Å². The molecule has 1 N–H and O–H groups in total. The van der Waals surface area contributed by atoms with E-state index in [1.165, 1.54) is 37.6 Å². The summed E-state index contributed by atoms with van der Waals surface area (Å²) in [5.74, 6) is 1.18. The molecule has 5 rings (SSSR count). The molecule has 0 aromatic carbocycles. The van der Waals surface area contributed by atoms with Gasteiger partial charge in [0.25, 0.3) is 5.91 Å². The van der Waals surface area contributed by atoms with Crippen LogP contribution in [0.3, 0.4) is 0 Å². The Balaban J connectivity index is 1.34. The number of carbonyl (C=O) groups is 2. The van der Waals surface area contributed by atoms with Crippen molar-refractivity contribution in [3.05, 3.63) is 35.3 Å². The lowest BCUT2D eigenvalue weighted by molar-refractivity contribution is -0.608. The maximum absolute atomic E-state index is 12.3. The number of amides is 1. The molecule has 6 heteroatoms. The Bertz CT molecular complexity index is 637. The summed E-state index contributed by atoms with van der Waals surface area (Å²) in [6, 6.07) is 4.50. The van der Waals surface area contributed by atoms with E-state index >= 15 is 0 Å². The number of hydrogen-bond donors (Lipinski definition) is 1. The fourth-order valence-electron chi connectivity index (χ4n) is 5.39. The Labute approximate surface area is 140 Å². The van der Waals surface area contributed by atoms with Crippen molar-refractivity contribution in [2.75, 3.05) is 6.61 Å². The number of carbonyl (C=O) groups excluding carboxylic acids is 2. The van der Waals surface area contributed by atoms with Gasteiger partial charge in [-0.15, -0.1) is 0 Å². The normalized spacial score (nSPS) is 33.2. The number of aromatic nitrogens is 1. The Hall–Kier alpha value is -2.11. The minimum Gasteiger partial charge on any atom is -0.618 e. The zero-order chi connectivity index (χ0) is 16.7. The van der Waals surface area contributed by atoms with Crippen LogP contribution in [0.1, 0.15) is 49.0 Å². The maximum atomic E-state index is 12.3. The standard InChI is InChI=1S/C18H22N2O4/c21-16(11-24-17(22)15-3-1-2-4-20(15)23)19-18-8-12-5-13(9-18)7-14(6-12)10-18/h1-4,12-14H,5-11H2,(H,19,21). The Kier molecular flexibility index (Phi) is 3.70. The molecule has 1 aromatic heterocycles. The molecule has 6 nitrogen and oxygen atoms in total. The van der Waals surface area contributed by atoms with Gasteiger partial charge in [0.2, 0.25) is 0 Å². The number of nitrogens with one attached hydrogen (secondary N) is 1. The molecule has 0 saturated heterocycles. The van der Waals surface area contributed by atoms with Crippen LogP contribution in [0.4, 0.5) is 0 Å². The second-order valence-electron chi connectivity index (χ2n) is 7.73. The zero-order valence-corrected chi connectivity index (χ0v) is 13.6. The second kappa shape index (κ2) is 5.76. The van der Waals surface area contributed by atoms with Crippen molar-refractivity contribution in [3.63, 3.8) is 0 Å².